The molecule has 0 saturated heterocycles. The second-order valence-corrected chi connectivity index (χ2v) is 6.60. The molecular weight excluding hydrogens is 352 g/mol. The molecule has 0 bridgehead atoms. The maximum Gasteiger partial charge on any atom is 0.253 e. The van der Waals surface area contributed by atoms with E-state index in [9.17, 15) is 4.79 Å². The molecule has 2 N–H and O–H groups in total. The average molecular weight is 369 g/mol. The van der Waals surface area contributed by atoms with Crippen LogP contribution in [0.5, 0.6) is 0 Å². The van der Waals surface area contributed by atoms with E-state index in [1.54, 1.807) is 18.2 Å². The van der Waals surface area contributed by atoms with E-state index in [1.807, 2.05) is 30.3 Å². The van der Waals surface area contributed by atoms with Crippen LogP contribution >= 0.6 is 11.6 Å². The fourth-order valence-corrected chi connectivity index (χ4v) is 2.67. The van der Waals surface area contributed by atoms with Crippen molar-refractivity contribution in [1.29, 1.82) is 0 Å². The molecule has 0 aliphatic heterocycles. The molecule has 0 spiro atoms. The summed E-state index contributed by atoms with van der Waals surface area (Å²) in [5.74, 6) is 0.869. The van der Waals surface area contributed by atoms with Crippen molar-refractivity contribution in [2.75, 3.05) is 5.32 Å². The van der Waals surface area contributed by atoms with Crippen LogP contribution in [0.1, 0.15) is 29.1 Å². The summed E-state index contributed by atoms with van der Waals surface area (Å²) >= 11 is 5.89. The molecule has 7 heteroatoms. The lowest BCUT2D eigenvalue weighted by atomic mass is 10.1. The molecule has 1 amide bonds. The third kappa shape index (κ3) is 3.86. The molecule has 3 aromatic rings. The summed E-state index contributed by atoms with van der Waals surface area (Å²) in [6, 6.07) is 14.9. The number of nitrogens with one attached hydrogen (secondary N) is 2. The molecular formula is C19H17ClN4O2. The van der Waals surface area contributed by atoms with Crippen molar-refractivity contribution < 1.29 is 9.32 Å². The summed E-state index contributed by atoms with van der Waals surface area (Å²) in [6.45, 7) is 0.328. The number of halogens is 1. The Morgan fingerprint density at radius 2 is 1.92 bits per heavy atom. The first-order valence-corrected chi connectivity index (χ1v) is 8.79. The van der Waals surface area contributed by atoms with Crippen LogP contribution in [0.2, 0.25) is 5.02 Å². The minimum Gasteiger partial charge on any atom is -0.375 e. The number of benzene rings is 2. The number of rotatable bonds is 6. The predicted octanol–water partition coefficient (Wildman–Crippen LogP) is 3.89. The van der Waals surface area contributed by atoms with E-state index in [1.165, 1.54) is 0 Å². The Morgan fingerprint density at radius 1 is 1.15 bits per heavy atom. The summed E-state index contributed by atoms with van der Waals surface area (Å²) in [5, 5.41) is 10.8. The van der Waals surface area contributed by atoms with Gasteiger partial charge in [0, 0.05) is 22.3 Å². The highest BCUT2D eigenvalue weighted by atomic mass is 35.5. The van der Waals surface area contributed by atoms with Crippen molar-refractivity contribution in [1.82, 2.24) is 15.5 Å². The monoisotopic (exact) mass is 368 g/mol. The number of hydrogen-bond donors (Lipinski definition) is 2. The zero-order valence-corrected chi connectivity index (χ0v) is 14.7. The zero-order valence-electron chi connectivity index (χ0n) is 13.9. The molecule has 1 heterocycles. The van der Waals surface area contributed by atoms with Crippen LogP contribution in [0, 0.1) is 0 Å². The molecule has 2 aromatic carbocycles. The number of hydrogen-bond acceptors (Lipinski definition) is 5. The van der Waals surface area contributed by atoms with Crippen LogP contribution in [-0.2, 0) is 6.54 Å². The van der Waals surface area contributed by atoms with Crippen LogP contribution < -0.4 is 10.6 Å². The summed E-state index contributed by atoms with van der Waals surface area (Å²) < 4.78 is 5.29. The highest BCUT2D eigenvalue weighted by molar-refractivity contribution is 6.30. The summed E-state index contributed by atoms with van der Waals surface area (Å²) in [4.78, 5) is 16.7. The Morgan fingerprint density at radius 3 is 2.69 bits per heavy atom. The molecule has 1 saturated carbocycles. The number of para-hydroxylation sites is 1. The van der Waals surface area contributed by atoms with Gasteiger partial charge in [0.25, 0.3) is 5.91 Å². The van der Waals surface area contributed by atoms with Crippen LogP contribution in [-0.4, -0.2) is 22.1 Å². The predicted molar refractivity (Wildman–Crippen MR) is 99.0 cm³/mol. The molecule has 1 aliphatic carbocycles. The Hall–Kier alpha value is -2.86. The summed E-state index contributed by atoms with van der Waals surface area (Å²) in [5.41, 5.74) is 2.17. The van der Waals surface area contributed by atoms with Gasteiger partial charge in [-0.1, -0.05) is 28.9 Å². The lowest BCUT2D eigenvalue weighted by Gasteiger charge is -2.10. The molecule has 0 radical (unpaired) electrons. The van der Waals surface area contributed by atoms with Crippen LogP contribution in [0.3, 0.4) is 0 Å². The quantitative estimate of drug-likeness (QED) is 0.689. The molecule has 132 valence electrons. The molecule has 1 aliphatic rings. The molecule has 6 nitrogen and oxygen atoms in total. The zero-order chi connectivity index (χ0) is 17.9. The maximum absolute atomic E-state index is 12.3. The first-order chi connectivity index (χ1) is 12.7. The van der Waals surface area contributed by atoms with Crippen molar-refractivity contribution in [3.63, 3.8) is 0 Å². The van der Waals surface area contributed by atoms with Crippen molar-refractivity contribution >= 4 is 23.2 Å². The largest absolute Gasteiger partial charge is 0.375 e. The number of carbonyl (C=O) groups excluding carboxylic acids is 1. The summed E-state index contributed by atoms with van der Waals surface area (Å²) in [7, 11) is 0. The molecule has 0 unspecified atom stereocenters. The highest BCUT2D eigenvalue weighted by Crippen LogP contribution is 2.22. The third-order valence-corrected chi connectivity index (χ3v) is 4.34. The molecule has 4 rings (SSSR count). The SMILES string of the molecule is O=C(NC1CC1)c1ccccc1NCc1nc(-c2ccc(Cl)cc2)no1. The molecule has 0 atom stereocenters. The van der Waals surface area contributed by atoms with E-state index in [-0.39, 0.29) is 5.91 Å². The topological polar surface area (TPSA) is 80.0 Å². The van der Waals surface area contributed by atoms with Crippen molar-refractivity contribution in [3.8, 4) is 11.4 Å². The van der Waals surface area contributed by atoms with Crippen LogP contribution in [0.25, 0.3) is 11.4 Å². The van der Waals surface area contributed by atoms with Gasteiger partial charge in [-0.15, -0.1) is 0 Å². The van der Waals surface area contributed by atoms with Crippen molar-refractivity contribution in [2.24, 2.45) is 0 Å². The third-order valence-electron chi connectivity index (χ3n) is 4.08. The molecule has 26 heavy (non-hydrogen) atoms. The van der Waals surface area contributed by atoms with Gasteiger partial charge < -0.3 is 15.2 Å². The van der Waals surface area contributed by atoms with Gasteiger partial charge >= 0.3 is 0 Å². The minimum atomic E-state index is -0.0667. The van der Waals surface area contributed by atoms with Crippen molar-refractivity contribution in [3.05, 3.63) is 65.0 Å². The Bertz CT molecular complexity index is 919. The number of anilines is 1. The lowest BCUT2D eigenvalue weighted by molar-refractivity contribution is 0.0952. The fraction of sp³-hybridized carbons (Fsp3) is 0.211. The van der Waals surface area contributed by atoms with Gasteiger partial charge in [-0.05, 0) is 49.2 Å². The normalized spacial score (nSPS) is 13.4. The smallest absolute Gasteiger partial charge is 0.253 e. The number of carbonyl (C=O) groups is 1. The van der Waals surface area contributed by atoms with Crippen LogP contribution in [0.15, 0.2) is 53.1 Å². The van der Waals surface area contributed by atoms with Gasteiger partial charge in [0.2, 0.25) is 11.7 Å². The van der Waals surface area contributed by atoms with Crippen molar-refractivity contribution in [2.45, 2.75) is 25.4 Å². The van der Waals surface area contributed by atoms with Gasteiger partial charge in [-0.2, -0.15) is 4.98 Å². The standard InChI is InChI=1S/C19H17ClN4O2/c20-13-7-5-12(6-8-13)18-23-17(26-24-18)11-21-16-4-2-1-3-15(16)19(25)22-14-9-10-14/h1-8,14,21H,9-11H2,(H,22,25). The number of aromatic nitrogens is 2. The van der Waals surface area contributed by atoms with Crippen LogP contribution in [0.4, 0.5) is 5.69 Å². The first kappa shape index (κ1) is 16.6. The number of nitrogens with zero attached hydrogens (tertiary/aromatic N) is 2. The Kier molecular flexibility index (Phi) is 4.58. The van der Waals surface area contributed by atoms with Gasteiger partial charge in [-0.25, -0.2) is 0 Å². The number of amides is 1. The lowest BCUT2D eigenvalue weighted by Crippen LogP contribution is -2.26. The Balaban J connectivity index is 1.44. The molecule has 1 aromatic heterocycles. The van der Waals surface area contributed by atoms with Gasteiger partial charge in [0.15, 0.2) is 0 Å². The highest BCUT2D eigenvalue weighted by Gasteiger charge is 2.24. The summed E-state index contributed by atoms with van der Waals surface area (Å²) in [6.07, 6.45) is 2.10. The van der Waals surface area contributed by atoms with E-state index >= 15 is 0 Å². The second-order valence-electron chi connectivity index (χ2n) is 6.17. The van der Waals surface area contributed by atoms with E-state index < -0.39 is 0 Å². The van der Waals surface area contributed by atoms with E-state index in [4.69, 9.17) is 16.1 Å². The fourth-order valence-electron chi connectivity index (χ4n) is 2.54. The van der Waals surface area contributed by atoms with E-state index in [2.05, 4.69) is 20.8 Å². The Labute approximate surface area is 155 Å². The minimum absolute atomic E-state index is 0.0667. The first-order valence-electron chi connectivity index (χ1n) is 8.41. The maximum atomic E-state index is 12.3. The van der Waals surface area contributed by atoms with E-state index in [0.717, 1.165) is 24.1 Å². The van der Waals surface area contributed by atoms with Gasteiger partial charge in [-0.3, -0.25) is 4.79 Å². The second kappa shape index (κ2) is 7.17. The van der Waals surface area contributed by atoms with Gasteiger partial charge in [0.05, 0.1) is 12.1 Å². The van der Waals surface area contributed by atoms with Gasteiger partial charge in [0.1, 0.15) is 0 Å². The average Bonchev–Trinajstić information content (AvgIpc) is 3.35. The molecule has 1 fully saturated rings. The van der Waals surface area contributed by atoms with E-state index in [0.29, 0.717) is 34.9 Å².